The van der Waals surface area contributed by atoms with Crippen LogP contribution in [0.4, 0.5) is 0 Å². The van der Waals surface area contributed by atoms with Gasteiger partial charge in [0.25, 0.3) is 0 Å². The van der Waals surface area contributed by atoms with Crippen molar-refractivity contribution in [3.63, 3.8) is 0 Å². The molecule has 1 aromatic carbocycles. The summed E-state index contributed by atoms with van der Waals surface area (Å²) in [7, 11) is 0. The lowest BCUT2D eigenvalue weighted by atomic mass is 10.2. The van der Waals surface area contributed by atoms with E-state index in [2.05, 4.69) is 10.2 Å². The Hall–Kier alpha value is -2.37. The first-order valence-corrected chi connectivity index (χ1v) is 4.08. The van der Waals surface area contributed by atoms with Crippen molar-refractivity contribution >= 4 is 6.29 Å². The standard InChI is InChI=1S/C7H6O2.C2H4N4/c8-5-6-3-1-2-4-7(6)9;3-6-4-1-2-5-6/h1-5,9H;1-2H,3H2. The van der Waals surface area contributed by atoms with Crippen molar-refractivity contribution < 1.29 is 9.90 Å². The van der Waals surface area contributed by atoms with Crippen molar-refractivity contribution in [1.29, 1.82) is 0 Å². The summed E-state index contributed by atoms with van der Waals surface area (Å²) in [4.78, 5) is 11.1. The molecule has 0 bridgehead atoms. The predicted octanol–water partition coefficient (Wildman–Crippen LogP) is 0.197. The minimum atomic E-state index is 0.0347. The zero-order valence-corrected chi connectivity index (χ0v) is 7.82. The topological polar surface area (TPSA) is 94.0 Å². The van der Waals surface area contributed by atoms with Gasteiger partial charge in [0.1, 0.15) is 5.75 Å². The first kappa shape index (κ1) is 10.7. The van der Waals surface area contributed by atoms with E-state index in [1.165, 1.54) is 18.5 Å². The van der Waals surface area contributed by atoms with E-state index in [0.717, 1.165) is 4.91 Å². The quantitative estimate of drug-likeness (QED) is 0.513. The Morgan fingerprint density at radius 2 is 1.87 bits per heavy atom. The Balaban J connectivity index is 0.000000162. The molecule has 6 heteroatoms. The number of aromatic hydroxyl groups is 1. The molecule has 0 aliphatic rings. The third kappa shape index (κ3) is 3.47. The second-order valence-corrected chi connectivity index (χ2v) is 2.53. The highest BCUT2D eigenvalue weighted by Gasteiger charge is 1.93. The van der Waals surface area contributed by atoms with E-state index in [9.17, 15) is 4.79 Å². The van der Waals surface area contributed by atoms with Crippen LogP contribution in [0.5, 0.6) is 5.75 Å². The molecule has 1 aromatic heterocycles. The van der Waals surface area contributed by atoms with E-state index >= 15 is 0 Å². The molecule has 0 spiro atoms. The highest BCUT2D eigenvalue weighted by molar-refractivity contribution is 5.78. The van der Waals surface area contributed by atoms with Gasteiger partial charge >= 0.3 is 0 Å². The smallest absolute Gasteiger partial charge is 0.153 e. The molecule has 3 N–H and O–H groups in total. The van der Waals surface area contributed by atoms with Gasteiger partial charge in [-0.25, -0.2) is 0 Å². The molecule has 0 fully saturated rings. The Morgan fingerprint density at radius 1 is 1.27 bits per heavy atom. The Morgan fingerprint density at radius 3 is 2.20 bits per heavy atom. The molecule has 6 nitrogen and oxygen atoms in total. The van der Waals surface area contributed by atoms with Gasteiger partial charge in [-0.2, -0.15) is 0 Å². The van der Waals surface area contributed by atoms with Gasteiger partial charge in [-0.1, -0.05) is 17.0 Å². The SMILES string of the molecule is Nn1nccn1.O=Cc1ccccc1O. The summed E-state index contributed by atoms with van der Waals surface area (Å²) >= 11 is 0. The molecule has 0 unspecified atom stereocenters. The average molecular weight is 206 g/mol. The second kappa shape index (κ2) is 5.38. The van der Waals surface area contributed by atoms with Gasteiger partial charge in [0.05, 0.1) is 18.0 Å². The van der Waals surface area contributed by atoms with Crippen LogP contribution in [-0.2, 0) is 0 Å². The van der Waals surface area contributed by atoms with E-state index in [0.29, 0.717) is 11.8 Å². The van der Waals surface area contributed by atoms with E-state index in [4.69, 9.17) is 10.9 Å². The van der Waals surface area contributed by atoms with Gasteiger partial charge in [0.15, 0.2) is 6.29 Å². The zero-order valence-electron chi connectivity index (χ0n) is 7.82. The molecule has 0 radical (unpaired) electrons. The average Bonchev–Trinajstić information content (AvgIpc) is 2.71. The lowest BCUT2D eigenvalue weighted by Gasteiger charge is -1.91. The number of hydrogen-bond donors (Lipinski definition) is 2. The van der Waals surface area contributed by atoms with Crippen LogP contribution in [0.3, 0.4) is 0 Å². The number of carbonyl (C=O) groups excluding carboxylic acids is 1. The van der Waals surface area contributed by atoms with E-state index in [-0.39, 0.29) is 5.75 Å². The number of aldehydes is 1. The number of nitrogens with zero attached hydrogens (tertiary/aromatic N) is 3. The number of carbonyl (C=O) groups is 1. The molecule has 0 aliphatic heterocycles. The molecule has 0 atom stereocenters. The minimum Gasteiger partial charge on any atom is -0.507 e. The molecular weight excluding hydrogens is 196 g/mol. The number of hydrogen-bond acceptors (Lipinski definition) is 5. The van der Waals surface area contributed by atoms with Gasteiger partial charge in [-0.05, 0) is 12.1 Å². The summed E-state index contributed by atoms with van der Waals surface area (Å²) in [5.41, 5.74) is 0.331. The predicted molar refractivity (Wildman–Crippen MR) is 53.7 cm³/mol. The Bertz CT molecular complexity index is 414. The molecule has 0 aliphatic carbocycles. The first-order chi connectivity index (χ1) is 7.24. The summed E-state index contributed by atoms with van der Waals surface area (Å²) in [6.45, 7) is 0. The molecule has 0 saturated carbocycles. The van der Waals surface area contributed by atoms with Gasteiger partial charge < -0.3 is 10.9 Å². The van der Waals surface area contributed by atoms with Gasteiger partial charge in [-0.3, -0.25) is 4.79 Å². The Kier molecular flexibility index (Phi) is 3.84. The van der Waals surface area contributed by atoms with E-state index < -0.39 is 0 Å². The van der Waals surface area contributed by atoms with Crippen LogP contribution in [0.15, 0.2) is 36.7 Å². The lowest BCUT2D eigenvalue weighted by molar-refractivity contribution is 0.112. The highest BCUT2D eigenvalue weighted by atomic mass is 16.3. The number of rotatable bonds is 1. The fourth-order valence-electron chi connectivity index (χ4n) is 0.813. The molecule has 1 heterocycles. The van der Waals surface area contributed by atoms with Crippen LogP contribution in [-0.4, -0.2) is 26.5 Å². The van der Waals surface area contributed by atoms with Crippen LogP contribution in [0.2, 0.25) is 0 Å². The van der Waals surface area contributed by atoms with Crippen molar-refractivity contribution in [1.82, 2.24) is 15.1 Å². The molecule has 0 saturated heterocycles. The largest absolute Gasteiger partial charge is 0.507 e. The fourth-order valence-corrected chi connectivity index (χ4v) is 0.813. The fraction of sp³-hybridized carbons (Fsp3) is 0. The lowest BCUT2D eigenvalue weighted by Crippen LogP contribution is -2.10. The minimum absolute atomic E-state index is 0.0347. The van der Waals surface area contributed by atoms with Gasteiger partial charge in [0.2, 0.25) is 0 Å². The number of para-hydroxylation sites is 1. The highest BCUT2D eigenvalue weighted by Crippen LogP contribution is 2.11. The van der Waals surface area contributed by atoms with Crippen molar-refractivity contribution in [2.75, 3.05) is 5.84 Å². The van der Waals surface area contributed by atoms with Crippen LogP contribution in [0.25, 0.3) is 0 Å². The molecule has 2 rings (SSSR count). The van der Waals surface area contributed by atoms with Crippen molar-refractivity contribution in [3.8, 4) is 5.75 Å². The van der Waals surface area contributed by atoms with Gasteiger partial charge in [-0.15, -0.1) is 10.2 Å². The Labute approximate surface area is 85.9 Å². The van der Waals surface area contributed by atoms with E-state index in [1.807, 2.05) is 0 Å². The van der Waals surface area contributed by atoms with E-state index in [1.54, 1.807) is 18.2 Å². The summed E-state index contributed by atoms with van der Waals surface area (Å²) in [6, 6.07) is 6.40. The maximum absolute atomic E-state index is 10.1. The van der Waals surface area contributed by atoms with Crippen LogP contribution >= 0.6 is 0 Å². The molecular formula is C9H10N4O2. The van der Waals surface area contributed by atoms with Crippen LogP contribution in [0.1, 0.15) is 10.4 Å². The number of phenols is 1. The van der Waals surface area contributed by atoms with Crippen LogP contribution in [0, 0.1) is 0 Å². The summed E-state index contributed by atoms with van der Waals surface area (Å²) in [6.07, 6.45) is 3.65. The summed E-state index contributed by atoms with van der Waals surface area (Å²) in [5, 5.41) is 15.9. The van der Waals surface area contributed by atoms with Crippen molar-refractivity contribution in [3.05, 3.63) is 42.2 Å². The molecule has 0 amide bonds. The summed E-state index contributed by atoms with van der Waals surface area (Å²) in [5.74, 6) is 5.01. The monoisotopic (exact) mass is 206 g/mol. The number of phenolic OH excluding ortho intramolecular Hbond substituents is 1. The second-order valence-electron chi connectivity index (χ2n) is 2.53. The number of benzene rings is 1. The number of nitrogen functional groups attached to an aromatic ring is 1. The molecule has 15 heavy (non-hydrogen) atoms. The first-order valence-electron chi connectivity index (χ1n) is 4.08. The third-order valence-corrected chi connectivity index (χ3v) is 1.50. The van der Waals surface area contributed by atoms with Gasteiger partial charge in [0, 0.05) is 0 Å². The number of aromatic nitrogens is 3. The van der Waals surface area contributed by atoms with Crippen LogP contribution < -0.4 is 5.84 Å². The zero-order chi connectivity index (χ0) is 11.1. The van der Waals surface area contributed by atoms with Crippen molar-refractivity contribution in [2.45, 2.75) is 0 Å². The van der Waals surface area contributed by atoms with Crippen molar-refractivity contribution in [2.24, 2.45) is 0 Å². The maximum atomic E-state index is 10.1. The third-order valence-electron chi connectivity index (χ3n) is 1.50. The maximum Gasteiger partial charge on any atom is 0.153 e. The summed E-state index contributed by atoms with van der Waals surface area (Å²) < 4.78 is 0. The number of nitrogens with two attached hydrogens (primary N) is 1. The molecule has 78 valence electrons. The molecule has 2 aromatic rings. The normalized spacial score (nSPS) is 8.80.